The second kappa shape index (κ2) is 8.27. The molecule has 8 heteroatoms. The largest absolute Gasteiger partial charge is 0.496 e. The van der Waals surface area contributed by atoms with Crippen LogP contribution in [0.1, 0.15) is 26.5 Å². The Bertz CT molecular complexity index is 1170. The SMILES string of the molecule is COc1cc(OC)c(OC)cc1C=C1Oc2cc(OC(=O)c3ccco3)ccc2C1=O. The molecule has 1 aliphatic rings. The fraction of sp³-hybridized carbons (Fsp3) is 0.130. The van der Waals surface area contributed by atoms with Crippen LogP contribution in [0.2, 0.25) is 0 Å². The van der Waals surface area contributed by atoms with Crippen molar-refractivity contribution < 1.29 is 37.7 Å². The summed E-state index contributed by atoms with van der Waals surface area (Å²) < 4.78 is 32.0. The van der Waals surface area contributed by atoms with Gasteiger partial charge in [-0.1, -0.05) is 0 Å². The van der Waals surface area contributed by atoms with Gasteiger partial charge >= 0.3 is 5.97 Å². The lowest BCUT2D eigenvalue weighted by Gasteiger charge is -2.12. The number of carbonyl (C=O) groups excluding carboxylic acids is 2. The number of methoxy groups -OCH3 is 3. The number of Topliss-reactive ketones (excluding diaryl/α,β-unsaturated/α-hetero) is 1. The van der Waals surface area contributed by atoms with Crippen LogP contribution in [-0.4, -0.2) is 33.1 Å². The molecule has 1 aliphatic heterocycles. The topological polar surface area (TPSA) is 93.4 Å². The summed E-state index contributed by atoms with van der Waals surface area (Å²) in [6.45, 7) is 0. The maximum Gasteiger partial charge on any atom is 0.379 e. The molecule has 0 N–H and O–H groups in total. The standard InChI is InChI=1S/C23H18O8/c1-26-17-12-20(28-3)19(27-2)9-13(17)10-21-22(24)15-7-6-14(11-18(15)31-21)30-23(25)16-5-4-8-29-16/h4-12H,1-3H3. The van der Waals surface area contributed by atoms with E-state index < -0.39 is 5.97 Å². The van der Waals surface area contributed by atoms with E-state index in [4.69, 9.17) is 28.1 Å². The lowest BCUT2D eigenvalue weighted by Crippen LogP contribution is -2.07. The molecule has 3 aromatic rings. The van der Waals surface area contributed by atoms with Crippen LogP contribution in [-0.2, 0) is 0 Å². The van der Waals surface area contributed by atoms with Gasteiger partial charge in [-0.15, -0.1) is 0 Å². The summed E-state index contributed by atoms with van der Waals surface area (Å²) in [7, 11) is 4.54. The number of ether oxygens (including phenoxy) is 5. The van der Waals surface area contributed by atoms with Crippen molar-refractivity contribution >= 4 is 17.8 Å². The molecule has 2 heterocycles. The quantitative estimate of drug-likeness (QED) is 0.332. The van der Waals surface area contributed by atoms with Gasteiger partial charge in [-0.3, -0.25) is 4.79 Å². The van der Waals surface area contributed by atoms with E-state index >= 15 is 0 Å². The molecule has 0 fully saturated rings. The molecule has 0 atom stereocenters. The first-order valence-electron chi connectivity index (χ1n) is 9.18. The third-order valence-corrected chi connectivity index (χ3v) is 4.60. The summed E-state index contributed by atoms with van der Waals surface area (Å²) in [5.74, 6) is 1.14. The molecular weight excluding hydrogens is 404 g/mol. The number of carbonyl (C=O) groups is 2. The Labute approximate surface area is 177 Å². The van der Waals surface area contributed by atoms with Crippen molar-refractivity contribution in [1.29, 1.82) is 0 Å². The third-order valence-electron chi connectivity index (χ3n) is 4.60. The summed E-state index contributed by atoms with van der Waals surface area (Å²) in [5.41, 5.74) is 0.921. The van der Waals surface area contributed by atoms with E-state index in [1.165, 1.54) is 51.9 Å². The van der Waals surface area contributed by atoms with Gasteiger partial charge in [0.1, 0.15) is 17.2 Å². The van der Waals surface area contributed by atoms with Gasteiger partial charge in [0.25, 0.3) is 0 Å². The first-order valence-corrected chi connectivity index (χ1v) is 9.18. The van der Waals surface area contributed by atoms with Gasteiger partial charge < -0.3 is 28.1 Å². The third kappa shape index (κ3) is 3.83. The van der Waals surface area contributed by atoms with Crippen LogP contribution in [0.3, 0.4) is 0 Å². The van der Waals surface area contributed by atoms with E-state index in [-0.39, 0.29) is 28.8 Å². The molecule has 8 nitrogen and oxygen atoms in total. The number of furan rings is 1. The number of ketones is 1. The van der Waals surface area contributed by atoms with Gasteiger partial charge in [-0.2, -0.15) is 0 Å². The predicted molar refractivity (Wildman–Crippen MR) is 109 cm³/mol. The number of hydrogen-bond acceptors (Lipinski definition) is 8. The molecule has 0 radical (unpaired) electrons. The first-order chi connectivity index (χ1) is 15.0. The first kappa shape index (κ1) is 20.1. The van der Waals surface area contributed by atoms with Gasteiger partial charge in [0.05, 0.1) is 33.2 Å². The molecule has 0 saturated carbocycles. The van der Waals surface area contributed by atoms with E-state index in [9.17, 15) is 9.59 Å². The van der Waals surface area contributed by atoms with E-state index in [0.29, 0.717) is 28.4 Å². The van der Waals surface area contributed by atoms with Crippen molar-refractivity contribution in [2.24, 2.45) is 0 Å². The Morgan fingerprint density at radius 1 is 0.935 bits per heavy atom. The van der Waals surface area contributed by atoms with Crippen LogP contribution in [0.5, 0.6) is 28.7 Å². The van der Waals surface area contributed by atoms with Crippen molar-refractivity contribution in [3.8, 4) is 28.7 Å². The summed E-state index contributed by atoms with van der Waals surface area (Å²) in [6, 6.07) is 10.9. The minimum atomic E-state index is -0.653. The molecule has 158 valence electrons. The number of esters is 1. The molecule has 0 amide bonds. The van der Waals surface area contributed by atoms with E-state index in [2.05, 4.69) is 0 Å². The molecule has 0 saturated heterocycles. The number of allylic oxidation sites excluding steroid dienone is 1. The van der Waals surface area contributed by atoms with Gasteiger partial charge in [-0.25, -0.2) is 4.79 Å². The Balaban J connectivity index is 1.62. The van der Waals surface area contributed by atoms with Crippen LogP contribution in [0.25, 0.3) is 6.08 Å². The number of fused-ring (bicyclic) bond motifs is 1. The van der Waals surface area contributed by atoms with E-state index in [0.717, 1.165) is 0 Å². The van der Waals surface area contributed by atoms with Gasteiger partial charge in [0.15, 0.2) is 17.3 Å². The Morgan fingerprint density at radius 2 is 1.68 bits per heavy atom. The fourth-order valence-corrected chi connectivity index (χ4v) is 3.09. The van der Waals surface area contributed by atoms with Gasteiger partial charge in [0, 0.05) is 17.7 Å². The van der Waals surface area contributed by atoms with Crippen LogP contribution >= 0.6 is 0 Å². The molecule has 2 aromatic carbocycles. The zero-order valence-electron chi connectivity index (χ0n) is 17.0. The van der Waals surface area contributed by atoms with Crippen molar-refractivity contribution in [3.05, 3.63) is 71.4 Å². The molecule has 0 bridgehead atoms. The lowest BCUT2D eigenvalue weighted by atomic mass is 10.1. The fourth-order valence-electron chi connectivity index (χ4n) is 3.09. The highest BCUT2D eigenvalue weighted by Gasteiger charge is 2.29. The maximum absolute atomic E-state index is 12.8. The van der Waals surface area contributed by atoms with Crippen molar-refractivity contribution in [3.63, 3.8) is 0 Å². The monoisotopic (exact) mass is 422 g/mol. The summed E-state index contributed by atoms with van der Waals surface area (Å²) in [5, 5.41) is 0. The van der Waals surface area contributed by atoms with E-state index in [1.807, 2.05) is 0 Å². The molecule has 0 unspecified atom stereocenters. The maximum atomic E-state index is 12.8. The summed E-state index contributed by atoms with van der Waals surface area (Å²) in [6.07, 6.45) is 2.93. The number of rotatable bonds is 6. The zero-order valence-corrected chi connectivity index (χ0v) is 17.0. The smallest absolute Gasteiger partial charge is 0.379 e. The number of benzene rings is 2. The van der Waals surface area contributed by atoms with Gasteiger partial charge in [-0.05, 0) is 36.4 Å². The average Bonchev–Trinajstić information content (AvgIpc) is 3.42. The second-order valence-electron chi connectivity index (χ2n) is 6.41. The molecule has 0 spiro atoms. The highest BCUT2D eigenvalue weighted by Crippen LogP contribution is 2.39. The molecule has 1 aromatic heterocycles. The summed E-state index contributed by atoms with van der Waals surface area (Å²) >= 11 is 0. The predicted octanol–water partition coefficient (Wildman–Crippen LogP) is 4.14. The summed E-state index contributed by atoms with van der Waals surface area (Å²) in [4.78, 5) is 24.8. The lowest BCUT2D eigenvalue weighted by molar-refractivity contribution is 0.0701. The zero-order chi connectivity index (χ0) is 22.0. The van der Waals surface area contributed by atoms with Crippen molar-refractivity contribution in [1.82, 2.24) is 0 Å². The minimum absolute atomic E-state index is 0.0682. The molecule has 4 rings (SSSR count). The Hall–Kier alpha value is -4.20. The molecule has 31 heavy (non-hydrogen) atoms. The van der Waals surface area contributed by atoms with Crippen LogP contribution in [0.15, 0.2) is 58.9 Å². The van der Waals surface area contributed by atoms with Gasteiger partial charge in [0.2, 0.25) is 11.5 Å². The highest BCUT2D eigenvalue weighted by atomic mass is 16.5. The minimum Gasteiger partial charge on any atom is -0.496 e. The van der Waals surface area contributed by atoms with Crippen LogP contribution < -0.4 is 23.7 Å². The Kier molecular flexibility index (Phi) is 5.36. The van der Waals surface area contributed by atoms with Crippen LogP contribution in [0, 0.1) is 0 Å². The highest BCUT2D eigenvalue weighted by molar-refractivity contribution is 6.14. The Morgan fingerprint density at radius 3 is 2.35 bits per heavy atom. The molecule has 0 aliphatic carbocycles. The second-order valence-corrected chi connectivity index (χ2v) is 6.41. The van der Waals surface area contributed by atoms with Crippen molar-refractivity contribution in [2.75, 3.05) is 21.3 Å². The number of hydrogen-bond donors (Lipinski definition) is 0. The average molecular weight is 422 g/mol. The van der Waals surface area contributed by atoms with Crippen molar-refractivity contribution in [2.45, 2.75) is 0 Å². The van der Waals surface area contributed by atoms with Crippen LogP contribution in [0.4, 0.5) is 0 Å². The normalized spacial score (nSPS) is 13.5. The molecular formula is C23H18O8. The van der Waals surface area contributed by atoms with E-state index in [1.54, 1.807) is 24.3 Å².